The fourth-order valence-electron chi connectivity index (χ4n) is 0.889. The van der Waals surface area contributed by atoms with Crippen molar-refractivity contribution in [2.24, 2.45) is 0 Å². The second kappa shape index (κ2) is 3.97. The largest absolute Gasteiger partial charge is 0.481 e. The average Bonchev–Trinajstić information content (AvgIpc) is 2.05. The van der Waals surface area contributed by atoms with Crippen LogP contribution in [0.2, 0.25) is 0 Å². The maximum Gasteiger partial charge on any atom is 0.307 e. The number of carboxylic acid groups (broad SMARTS) is 1. The van der Waals surface area contributed by atoms with Crippen LogP contribution in [0.15, 0.2) is 24.3 Å². The monoisotopic (exact) mass is 180 g/mol. The first-order valence-electron chi connectivity index (χ1n) is 3.48. The number of hydrogen-bond acceptors (Lipinski definition) is 2. The van der Waals surface area contributed by atoms with Gasteiger partial charge in [0.2, 0.25) is 0 Å². The Hall–Kier alpha value is -1.22. The molecule has 0 saturated carbocycles. The number of rotatable bonds is 3. The van der Waals surface area contributed by atoms with Crippen LogP contribution in [0.25, 0.3) is 0 Å². The van der Waals surface area contributed by atoms with Gasteiger partial charge in [-0.05, 0) is 11.1 Å². The SMILES string of the molecule is O=C(O)Cc1ccc(C=S)cc1. The molecule has 0 heterocycles. The molecular weight excluding hydrogens is 172 g/mol. The standard InChI is InChI=1S/C9H8O2S/c10-9(11)5-7-1-3-8(6-12)4-2-7/h1-4,6H,5H2,(H,10,11). The molecular formula is C9H8O2S. The lowest BCUT2D eigenvalue weighted by Crippen LogP contribution is -1.99. The number of carboxylic acids is 1. The first kappa shape index (κ1) is 8.87. The zero-order chi connectivity index (χ0) is 8.97. The lowest BCUT2D eigenvalue weighted by atomic mass is 10.1. The van der Waals surface area contributed by atoms with Crippen molar-refractivity contribution in [1.82, 2.24) is 0 Å². The van der Waals surface area contributed by atoms with E-state index >= 15 is 0 Å². The zero-order valence-electron chi connectivity index (χ0n) is 6.36. The average molecular weight is 180 g/mol. The molecule has 0 saturated heterocycles. The number of carbonyl (C=O) groups is 1. The van der Waals surface area contributed by atoms with E-state index in [-0.39, 0.29) is 6.42 Å². The third-order valence-electron chi connectivity index (χ3n) is 1.47. The summed E-state index contributed by atoms with van der Waals surface area (Å²) in [5, 5.41) is 10.0. The molecule has 2 nitrogen and oxygen atoms in total. The fraction of sp³-hybridized carbons (Fsp3) is 0.111. The van der Waals surface area contributed by atoms with Crippen molar-refractivity contribution >= 4 is 23.6 Å². The Kier molecular flexibility index (Phi) is 2.94. The molecule has 0 radical (unpaired) electrons. The van der Waals surface area contributed by atoms with Crippen molar-refractivity contribution < 1.29 is 9.90 Å². The molecule has 0 amide bonds. The van der Waals surface area contributed by atoms with Crippen LogP contribution < -0.4 is 0 Å². The van der Waals surface area contributed by atoms with Crippen LogP contribution >= 0.6 is 12.2 Å². The Morgan fingerprint density at radius 2 is 2.00 bits per heavy atom. The normalized spacial score (nSPS) is 9.33. The van der Waals surface area contributed by atoms with Crippen LogP contribution in [-0.4, -0.2) is 16.4 Å². The van der Waals surface area contributed by atoms with Gasteiger partial charge in [-0.2, -0.15) is 0 Å². The van der Waals surface area contributed by atoms with Gasteiger partial charge in [0, 0.05) is 5.37 Å². The number of benzene rings is 1. The van der Waals surface area contributed by atoms with E-state index in [0.29, 0.717) is 0 Å². The van der Waals surface area contributed by atoms with E-state index in [0.717, 1.165) is 11.1 Å². The lowest BCUT2D eigenvalue weighted by Gasteiger charge is -1.96. The Labute approximate surface area is 75.8 Å². The highest BCUT2D eigenvalue weighted by atomic mass is 32.1. The first-order chi connectivity index (χ1) is 5.72. The molecule has 0 aromatic heterocycles. The van der Waals surface area contributed by atoms with Gasteiger partial charge in [-0.3, -0.25) is 4.79 Å². The lowest BCUT2D eigenvalue weighted by molar-refractivity contribution is -0.136. The first-order valence-corrected chi connectivity index (χ1v) is 3.95. The van der Waals surface area contributed by atoms with Crippen molar-refractivity contribution in [2.45, 2.75) is 6.42 Å². The van der Waals surface area contributed by atoms with Crippen molar-refractivity contribution in [3.63, 3.8) is 0 Å². The Bertz CT molecular complexity index is 290. The smallest absolute Gasteiger partial charge is 0.307 e. The summed E-state index contributed by atoms with van der Waals surface area (Å²) in [7, 11) is 0. The van der Waals surface area contributed by atoms with E-state index in [2.05, 4.69) is 0 Å². The minimum absolute atomic E-state index is 0.0672. The van der Waals surface area contributed by atoms with Crippen LogP contribution in [-0.2, 0) is 11.2 Å². The van der Waals surface area contributed by atoms with Crippen LogP contribution in [0.5, 0.6) is 0 Å². The number of thiocarbonyl (C=S) groups is 1. The molecule has 1 aromatic rings. The van der Waals surface area contributed by atoms with Crippen molar-refractivity contribution in [3.8, 4) is 0 Å². The number of aliphatic carboxylic acids is 1. The predicted molar refractivity (Wildman–Crippen MR) is 50.5 cm³/mol. The van der Waals surface area contributed by atoms with Crippen LogP contribution in [0, 0.1) is 0 Å². The van der Waals surface area contributed by atoms with Crippen molar-refractivity contribution in [1.29, 1.82) is 0 Å². The van der Waals surface area contributed by atoms with Gasteiger partial charge < -0.3 is 5.11 Å². The molecule has 0 aliphatic heterocycles. The summed E-state index contributed by atoms with van der Waals surface area (Å²) in [5.74, 6) is -0.815. The summed E-state index contributed by atoms with van der Waals surface area (Å²) in [6.07, 6.45) is 0.0672. The molecule has 0 spiro atoms. The van der Waals surface area contributed by atoms with E-state index in [1.807, 2.05) is 12.1 Å². The molecule has 1 rings (SSSR count). The highest BCUT2D eigenvalue weighted by Crippen LogP contribution is 2.03. The molecule has 0 bridgehead atoms. The van der Waals surface area contributed by atoms with E-state index in [4.69, 9.17) is 17.3 Å². The highest BCUT2D eigenvalue weighted by molar-refractivity contribution is 7.79. The highest BCUT2D eigenvalue weighted by Gasteiger charge is 1.98. The van der Waals surface area contributed by atoms with Gasteiger partial charge in [-0.25, -0.2) is 0 Å². The predicted octanol–water partition coefficient (Wildman–Crippen LogP) is 1.66. The summed E-state index contributed by atoms with van der Waals surface area (Å²) in [6.45, 7) is 0. The van der Waals surface area contributed by atoms with E-state index < -0.39 is 5.97 Å². The number of hydrogen-bond donors (Lipinski definition) is 1. The fourth-order valence-corrected chi connectivity index (χ4v) is 1.05. The maximum atomic E-state index is 10.3. The topological polar surface area (TPSA) is 37.3 Å². The molecule has 3 heteroatoms. The third-order valence-corrected chi connectivity index (χ3v) is 1.74. The van der Waals surface area contributed by atoms with Crippen LogP contribution in [0.3, 0.4) is 0 Å². The molecule has 1 N–H and O–H groups in total. The minimum atomic E-state index is -0.815. The summed E-state index contributed by atoms with van der Waals surface area (Å²) in [6, 6.07) is 7.16. The van der Waals surface area contributed by atoms with E-state index in [9.17, 15) is 4.79 Å². The van der Waals surface area contributed by atoms with Gasteiger partial charge in [-0.1, -0.05) is 36.5 Å². The maximum absolute atomic E-state index is 10.3. The molecule has 0 aliphatic carbocycles. The molecule has 0 aliphatic rings. The van der Waals surface area contributed by atoms with Gasteiger partial charge in [0.15, 0.2) is 0 Å². The third kappa shape index (κ3) is 2.43. The quantitative estimate of drug-likeness (QED) is 0.719. The van der Waals surface area contributed by atoms with Gasteiger partial charge in [0.1, 0.15) is 0 Å². The van der Waals surface area contributed by atoms with Crippen LogP contribution in [0.1, 0.15) is 11.1 Å². The summed E-state index contributed by atoms with van der Waals surface area (Å²) in [4.78, 5) is 10.3. The summed E-state index contributed by atoms with van der Waals surface area (Å²) in [5.41, 5.74) is 1.72. The molecule has 0 fully saturated rings. The van der Waals surface area contributed by atoms with Gasteiger partial charge in [-0.15, -0.1) is 0 Å². The zero-order valence-corrected chi connectivity index (χ0v) is 7.17. The second-order valence-corrected chi connectivity index (χ2v) is 2.67. The Morgan fingerprint density at radius 3 is 2.42 bits per heavy atom. The minimum Gasteiger partial charge on any atom is -0.481 e. The Balaban J connectivity index is 2.77. The van der Waals surface area contributed by atoms with Crippen molar-refractivity contribution in [2.75, 3.05) is 0 Å². The van der Waals surface area contributed by atoms with Gasteiger partial charge in [0.05, 0.1) is 6.42 Å². The van der Waals surface area contributed by atoms with E-state index in [1.54, 1.807) is 17.5 Å². The van der Waals surface area contributed by atoms with Crippen LogP contribution in [0.4, 0.5) is 0 Å². The second-order valence-electron chi connectivity index (χ2n) is 2.43. The van der Waals surface area contributed by atoms with Gasteiger partial charge >= 0.3 is 5.97 Å². The summed E-state index contributed by atoms with van der Waals surface area (Å²) >= 11 is 4.71. The molecule has 62 valence electrons. The molecule has 1 aromatic carbocycles. The van der Waals surface area contributed by atoms with E-state index in [1.165, 1.54) is 0 Å². The Morgan fingerprint density at radius 1 is 1.42 bits per heavy atom. The molecule has 12 heavy (non-hydrogen) atoms. The summed E-state index contributed by atoms with van der Waals surface area (Å²) < 4.78 is 0. The van der Waals surface area contributed by atoms with Gasteiger partial charge in [0.25, 0.3) is 0 Å². The van der Waals surface area contributed by atoms with Crippen molar-refractivity contribution in [3.05, 3.63) is 35.4 Å². The molecule has 0 atom stereocenters. The molecule has 0 unspecified atom stereocenters.